The quantitative estimate of drug-likeness (QED) is 0.764. The molecule has 18 heavy (non-hydrogen) atoms. The van der Waals surface area contributed by atoms with Crippen molar-refractivity contribution in [3.63, 3.8) is 0 Å². The van der Waals surface area contributed by atoms with Crippen LogP contribution in [-0.4, -0.2) is 4.98 Å². The maximum absolute atomic E-state index is 5.91. The van der Waals surface area contributed by atoms with Crippen LogP contribution in [0.5, 0.6) is 0 Å². The third-order valence-corrected chi connectivity index (χ3v) is 3.02. The highest BCUT2D eigenvalue weighted by Gasteiger charge is 2.08. The summed E-state index contributed by atoms with van der Waals surface area (Å²) < 4.78 is 5.68. The Hall–Kier alpha value is -1.84. The van der Waals surface area contributed by atoms with Gasteiger partial charge >= 0.3 is 0 Å². The average Bonchev–Trinajstić information content (AvgIpc) is 2.81. The zero-order valence-corrected chi connectivity index (χ0v) is 10.3. The highest BCUT2D eigenvalue weighted by molar-refractivity contribution is 6.31. The minimum Gasteiger partial charge on any atom is -0.436 e. The predicted molar refractivity (Wildman–Crippen MR) is 72.3 cm³/mol. The van der Waals surface area contributed by atoms with E-state index >= 15 is 0 Å². The lowest BCUT2D eigenvalue weighted by Gasteiger charge is -1.97. The summed E-state index contributed by atoms with van der Waals surface area (Å²) in [4.78, 5) is 4.42. The van der Waals surface area contributed by atoms with Gasteiger partial charge in [-0.25, -0.2) is 4.98 Å². The molecule has 3 nitrogen and oxygen atoms in total. The normalized spacial score (nSPS) is 11.0. The zero-order chi connectivity index (χ0) is 12.5. The summed E-state index contributed by atoms with van der Waals surface area (Å²) in [6.45, 7) is 0.531. The van der Waals surface area contributed by atoms with Gasteiger partial charge in [0.1, 0.15) is 5.52 Å². The van der Waals surface area contributed by atoms with E-state index in [2.05, 4.69) is 4.98 Å². The minimum absolute atomic E-state index is 0.531. The van der Waals surface area contributed by atoms with Gasteiger partial charge < -0.3 is 10.2 Å². The van der Waals surface area contributed by atoms with Crippen molar-refractivity contribution in [2.75, 3.05) is 0 Å². The second-order valence-corrected chi connectivity index (χ2v) is 4.47. The Bertz CT molecular complexity index is 689. The lowest BCUT2D eigenvalue weighted by atomic mass is 10.1. The van der Waals surface area contributed by atoms with E-state index in [1.54, 1.807) is 12.1 Å². The summed E-state index contributed by atoms with van der Waals surface area (Å²) in [5.74, 6) is 0.593. The first-order valence-corrected chi connectivity index (χ1v) is 5.99. The van der Waals surface area contributed by atoms with E-state index in [1.807, 2.05) is 30.3 Å². The Kier molecular flexibility index (Phi) is 2.78. The van der Waals surface area contributed by atoms with Gasteiger partial charge in [-0.15, -0.1) is 0 Å². The molecule has 1 heterocycles. The molecule has 0 saturated carbocycles. The van der Waals surface area contributed by atoms with Crippen LogP contribution in [0.3, 0.4) is 0 Å². The van der Waals surface area contributed by atoms with Crippen LogP contribution >= 0.6 is 11.6 Å². The van der Waals surface area contributed by atoms with Gasteiger partial charge in [-0.1, -0.05) is 23.7 Å². The molecule has 2 N–H and O–H groups in total. The van der Waals surface area contributed by atoms with Crippen molar-refractivity contribution in [2.24, 2.45) is 5.73 Å². The van der Waals surface area contributed by atoms with Crippen molar-refractivity contribution in [3.8, 4) is 11.5 Å². The lowest BCUT2D eigenvalue weighted by molar-refractivity contribution is 0.620. The first-order chi connectivity index (χ1) is 8.76. The van der Waals surface area contributed by atoms with Crippen molar-refractivity contribution in [2.45, 2.75) is 6.54 Å². The van der Waals surface area contributed by atoms with Gasteiger partial charge in [0, 0.05) is 23.2 Å². The fraction of sp³-hybridized carbons (Fsp3) is 0.0714. The third kappa shape index (κ3) is 1.98. The molecule has 0 radical (unpaired) electrons. The van der Waals surface area contributed by atoms with Crippen LogP contribution in [0.15, 0.2) is 46.9 Å². The average molecular weight is 259 g/mol. The molecule has 0 bridgehead atoms. The molecule has 0 spiro atoms. The van der Waals surface area contributed by atoms with Gasteiger partial charge in [0.05, 0.1) is 0 Å². The van der Waals surface area contributed by atoms with Gasteiger partial charge in [-0.05, 0) is 29.8 Å². The number of benzene rings is 2. The van der Waals surface area contributed by atoms with Crippen LogP contribution in [0.4, 0.5) is 0 Å². The van der Waals surface area contributed by atoms with E-state index in [1.165, 1.54) is 0 Å². The van der Waals surface area contributed by atoms with Gasteiger partial charge in [-0.3, -0.25) is 0 Å². The van der Waals surface area contributed by atoms with Crippen LogP contribution in [0.1, 0.15) is 5.56 Å². The number of rotatable bonds is 2. The Morgan fingerprint density at radius 3 is 2.61 bits per heavy atom. The third-order valence-electron chi connectivity index (χ3n) is 2.79. The summed E-state index contributed by atoms with van der Waals surface area (Å²) >= 11 is 5.91. The molecule has 0 aliphatic carbocycles. The molecule has 0 fully saturated rings. The molecular formula is C14H11ClN2O. The summed E-state index contributed by atoms with van der Waals surface area (Å²) in [5, 5.41) is 0.642. The largest absolute Gasteiger partial charge is 0.436 e. The SMILES string of the molecule is NCc1ccc(-c2nc3ccc(Cl)cc3o2)cc1. The van der Waals surface area contributed by atoms with E-state index in [-0.39, 0.29) is 0 Å². The molecule has 0 unspecified atom stereocenters. The van der Waals surface area contributed by atoms with E-state index < -0.39 is 0 Å². The molecule has 3 aromatic rings. The van der Waals surface area contributed by atoms with E-state index in [9.17, 15) is 0 Å². The van der Waals surface area contributed by atoms with E-state index in [0.717, 1.165) is 16.6 Å². The lowest BCUT2D eigenvalue weighted by Crippen LogP contribution is -1.95. The van der Waals surface area contributed by atoms with Crippen LogP contribution in [0.25, 0.3) is 22.6 Å². The Balaban J connectivity index is 2.07. The zero-order valence-electron chi connectivity index (χ0n) is 9.56. The number of hydrogen-bond acceptors (Lipinski definition) is 3. The predicted octanol–water partition coefficient (Wildman–Crippen LogP) is 3.61. The number of nitrogens with two attached hydrogens (primary N) is 1. The van der Waals surface area contributed by atoms with E-state index in [0.29, 0.717) is 23.0 Å². The Morgan fingerprint density at radius 1 is 1.11 bits per heavy atom. The molecule has 4 heteroatoms. The van der Waals surface area contributed by atoms with Crippen LogP contribution in [0, 0.1) is 0 Å². The standard InChI is InChI=1S/C14H11ClN2O/c15-11-5-6-12-13(7-11)18-14(17-12)10-3-1-9(8-16)2-4-10/h1-7H,8,16H2. The van der Waals surface area contributed by atoms with Gasteiger partial charge in [0.2, 0.25) is 5.89 Å². The highest BCUT2D eigenvalue weighted by Crippen LogP contribution is 2.26. The van der Waals surface area contributed by atoms with Gasteiger partial charge in [-0.2, -0.15) is 0 Å². The number of hydrogen-bond donors (Lipinski definition) is 1. The Labute approximate surface area is 109 Å². The molecule has 3 rings (SSSR count). The van der Waals surface area contributed by atoms with Gasteiger partial charge in [0.25, 0.3) is 0 Å². The van der Waals surface area contributed by atoms with Crippen molar-refractivity contribution < 1.29 is 4.42 Å². The molecule has 0 atom stereocenters. The molecule has 0 aliphatic heterocycles. The molecule has 0 aliphatic rings. The van der Waals surface area contributed by atoms with Gasteiger partial charge in [0.15, 0.2) is 5.58 Å². The molecule has 90 valence electrons. The second-order valence-electron chi connectivity index (χ2n) is 4.03. The summed E-state index contributed by atoms with van der Waals surface area (Å²) in [5.41, 5.74) is 9.07. The van der Waals surface area contributed by atoms with Crippen LogP contribution in [0.2, 0.25) is 5.02 Å². The number of fused-ring (bicyclic) bond motifs is 1. The van der Waals surface area contributed by atoms with Crippen LogP contribution < -0.4 is 5.73 Å². The minimum atomic E-state index is 0.531. The van der Waals surface area contributed by atoms with Crippen molar-refractivity contribution in [1.29, 1.82) is 0 Å². The highest BCUT2D eigenvalue weighted by atomic mass is 35.5. The first-order valence-electron chi connectivity index (χ1n) is 5.62. The molecule has 2 aromatic carbocycles. The topological polar surface area (TPSA) is 52.0 Å². The molecular weight excluding hydrogens is 248 g/mol. The molecule has 0 saturated heterocycles. The molecule has 0 amide bonds. The summed E-state index contributed by atoms with van der Waals surface area (Å²) in [6, 6.07) is 13.3. The summed E-state index contributed by atoms with van der Waals surface area (Å²) in [6.07, 6.45) is 0. The maximum Gasteiger partial charge on any atom is 0.227 e. The molecule has 1 aromatic heterocycles. The van der Waals surface area contributed by atoms with Crippen molar-refractivity contribution in [1.82, 2.24) is 4.98 Å². The first kappa shape index (κ1) is 11.3. The number of nitrogens with zero attached hydrogens (tertiary/aromatic N) is 1. The number of oxazole rings is 1. The second kappa shape index (κ2) is 4.44. The monoisotopic (exact) mass is 258 g/mol. The van der Waals surface area contributed by atoms with Crippen LogP contribution in [-0.2, 0) is 6.54 Å². The smallest absolute Gasteiger partial charge is 0.227 e. The Morgan fingerprint density at radius 2 is 1.89 bits per heavy atom. The fourth-order valence-electron chi connectivity index (χ4n) is 1.81. The number of aromatic nitrogens is 1. The maximum atomic E-state index is 5.91. The number of halogens is 1. The van der Waals surface area contributed by atoms with E-state index in [4.69, 9.17) is 21.8 Å². The fourth-order valence-corrected chi connectivity index (χ4v) is 1.97. The van der Waals surface area contributed by atoms with Crippen molar-refractivity contribution in [3.05, 3.63) is 53.1 Å². The van der Waals surface area contributed by atoms with Crippen molar-refractivity contribution >= 4 is 22.7 Å². The summed E-state index contributed by atoms with van der Waals surface area (Å²) in [7, 11) is 0.